The fourth-order valence-electron chi connectivity index (χ4n) is 3.64. The zero-order chi connectivity index (χ0) is 19.6. The van der Waals surface area contributed by atoms with Gasteiger partial charge in [0.15, 0.2) is 0 Å². The van der Waals surface area contributed by atoms with Crippen LogP contribution in [0.5, 0.6) is 0 Å². The SMILES string of the molecule is FC(F)(F)c1cnc(NC2CCNCC2)nc1-c1cnn(C2CCOCC2)c1. The van der Waals surface area contributed by atoms with Gasteiger partial charge >= 0.3 is 6.18 Å². The number of halogens is 3. The van der Waals surface area contributed by atoms with Crippen LogP contribution in [0.25, 0.3) is 11.3 Å². The lowest BCUT2D eigenvalue weighted by molar-refractivity contribution is -0.137. The third-order valence-electron chi connectivity index (χ3n) is 5.21. The third-order valence-corrected chi connectivity index (χ3v) is 5.21. The smallest absolute Gasteiger partial charge is 0.381 e. The number of piperidine rings is 1. The van der Waals surface area contributed by atoms with Crippen molar-refractivity contribution in [2.45, 2.75) is 43.9 Å². The van der Waals surface area contributed by atoms with E-state index in [0.29, 0.717) is 18.8 Å². The lowest BCUT2D eigenvalue weighted by atomic mass is 10.1. The van der Waals surface area contributed by atoms with Gasteiger partial charge in [0, 0.05) is 37.2 Å². The molecule has 0 atom stereocenters. The predicted octanol–water partition coefficient (Wildman–Crippen LogP) is 2.87. The molecule has 2 aliphatic rings. The molecule has 0 unspecified atom stereocenters. The number of aromatic nitrogens is 4. The Morgan fingerprint density at radius 2 is 1.86 bits per heavy atom. The highest BCUT2D eigenvalue weighted by atomic mass is 19.4. The molecule has 2 aromatic heterocycles. The van der Waals surface area contributed by atoms with Gasteiger partial charge in [0.05, 0.1) is 17.9 Å². The minimum absolute atomic E-state index is 0.131. The second kappa shape index (κ2) is 8.04. The number of anilines is 1. The van der Waals surface area contributed by atoms with E-state index in [2.05, 4.69) is 25.7 Å². The summed E-state index contributed by atoms with van der Waals surface area (Å²) in [6, 6.07) is 0.279. The van der Waals surface area contributed by atoms with Crippen LogP contribution in [0.15, 0.2) is 18.6 Å². The van der Waals surface area contributed by atoms with Crippen LogP contribution < -0.4 is 10.6 Å². The van der Waals surface area contributed by atoms with Gasteiger partial charge in [0.1, 0.15) is 5.56 Å². The van der Waals surface area contributed by atoms with Crippen LogP contribution in [0.3, 0.4) is 0 Å². The molecule has 4 heterocycles. The van der Waals surface area contributed by atoms with Crippen LogP contribution in [0.4, 0.5) is 19.1 Å². The summed E-state index contributed by atoms with van der Waals surface area (Å²) in [7, 11) is 0. The molecular weight excluding hydrogens is 373 g/mol. The lowest BCUT2D eigenvalue weighted by Crippen LogP contribution is -2.35. The van der Waals surface area contributed by atoms with Crippen molar-refractivity contribution in [1.29, 1.82) is 0 Å². The van der Waals surface area contributed by atoms with Gasteiger partial charge in [0.25, 0.3) is 0 Å². The van der Waals surface area contributed by atoms with E-state index in [-0.39, 0.29) is 23.7 Å². The maximum Gasteiger partial charge on any atom is 0.419 e. The van der Waals surface area contributed by atoms with Crippen molar-refractivity contribution in [3.05, 3.63) is 24.2 Å². The van der Waals surface area contributed by atoms with Crippen molar-refractivity contribution in [2.24, 2.45) is 0 Å². The highest BCUT2D eigenvalue weighted by molar-refractivity contribution is 5.63. The molecule has 2 aromatic rings. The summed E-state index contributed by atoms with van der Waals surface area (Å²) in [4.78, 5) is 8.14. The first-order valence-corrected chi connectivity index (χ1v) is 9.54. The highest BCUT2D eigenvalue weighted by Crippen LogP contribution is 2.36. The first-order valence-electron chi connectivity index (χ1n) is 9.54. The largest absolute Gasteiger partial charge is 0.419 e. The number of hydrogen-bond acceptors (Lipinski definition) is 6. The van der Waals surface area contributed by atoms with Crippen molar-refractivity contribution in [3.63, 3.8) is 0 Å². The summed E-state index contributed by atoms with van der Waals surface area (Å²) in [6.45, 7) is 2.99. The van der Waals surface area contributed by atoms with Crippen LogP contribution >= 0.6 is 0 Å². The van der Waals surface area contributed by atoms with Crippen LogP contribution in [-0.4, -0.2) is 52.1 Å². The molecule has 0 saturated carbocycles. The van der Waals surface area contributed by atoms with E-state index in [1.54, 1.807) is 10.9 Å². The number of ether oxygens (including phenoxy) is 1. The number of alkyl halides is 3. The minimum Gasteiger partial charge on any atom is -0.381 e. The molecule has 4 rings (SSSR count). The van der Waals surface area contributed by atoms with Crippen LogP contribution in [0.2, 0.25) is 0 Å². The number of rotatable bonds is 4. The fourth-order valence-corrected chi connectivity index (χ4v) is 3.64. The van der Waals surface area contributed by atoms with Crippen molar-refractivity contribution >= 4 is 5.95 Å². The molecule has 0 aromatic carbocycles. The topological polar surface area (TPSA) is 76.9 Å². The molecule has 2 saturated heterocycles. The van der Waals surface area contributed by atoms with Crippen LogP contribution in [0.1, 0.15) is 37.3 Å². The van der Waals surface area contributed by atoms with Gasteiger partial charge in [-0.1, -0.05) is 0 Å². The molecule has 0 spiro atoms. The Balaban J connectivity index is 1.63. The molecule has 0 aliphatic carbocycles. The Morgan fingerprint density at radius 1 is 1.11 bits per heavy atom. The Kier molecular flexibility index (Phi) is 5.49. The average Bonchev–Trinajstić information content (AvgIpc) is 3.19. The predicted molar refractivity (Wildman–Crippen MR) is 96.9 cm³/mol. The molecule has 152 valence electrons. The molecule has 28 heavy (non-hydrogen) atoms. The Labute approximate surface area is 160 Å². The molecular formula is C18H23F3N6O. The minimum atomic E-state index is -4.54. The summed E-state index contributed by atoms with van der Waals surface area (Å²) in [5.74, 6) is 0.216. The summed E-state index contributed by atoms with van der Waals surface area (Å²) < 4.78 is 47.7. The molecule has 0 radical (unpaired) electrons. The highest BCUT2D eigenvalue weighted by Gasteiger charge is 2.36. The summed E-state index contributed by atoms with van der Waals surface area (Å²) >= 11 is 0. The maximum absolute atomic E-state index is 13.5. The molecule has 0 bridgehead atoms. The van der Waals surface area contributed by atoms with E-state index in [1.807, 2.05) is 0 Å². The molecule has 2 aliphatic heterocycles. The van der Waals surface area contributed by atoms with Gasteiger partial charge in [-0.25, -0.2) is 9.97 Å². The average molecular weight is 396 g/mol. The van der Waals surface area contributed by atoms with Crippen molar-refractivity contribution in [2.75, 3.05) is 31.6 Å². The zero-order valence-corrected chi connectivity index (χ0v) is 15.4. The van der Waals surface area contributed by atoms with Crippen molar-refractivity contribution in [1.82, 2.24) is 25.1 Å². The summed E-state index contributed by atoms with van der Waals surface area (Å²) in [6.07, 6.45) is 2.74. The fraction of sp³-hybridized carbons (Fsp3) is 0.611. The first-order chi connectivity index (χ1) is 13.5. The summed E-state index contributed by atoms with van der Waals surface area (Å²) in [5.41, 5.74) is -0.651. The van der Waals surface area contributed by atoms with Crippen LogP contribution in [-0.2, 0) is 10.9 Å². The van der Waals surface area contributed by atoms with E-state index >= 15 is 0 Å². The molecule has 0 amide bonds. The van der Waals surface area contributed by atoms with Gasteiger partial charge in [-0.2, -0.15) is 18.3 Å². The third kappa shape index (κ3) is 4.27. The molecule has 7 nitrogen and oxygen atoms in total. The molecule has 10 heteroatoms. The monoisotopic (exact) mass is 396 g/mol. The van der Waals surface area contributed by atoms with Gasteiger partial charge in [0.2, 0.25) is 5.95 Å². The van der Waals surface area contributed by atoms with E-state index in [9.17, 15) is 13.2 Å². The van der Waals surface area contributed by atoms with Gasteiger partial charge in [-0.05, 0) is 38.8 Å². The van der Waals surface area contributed by atoms with Crippen molar-refractivity contribution in [3.8, 4) is 11.3 Å². The maximum atomic E-state index is 13.5. The second-order valence-electron chi connectivity index (χ2n) is 7.17. The van der Waals surface area contributed by atoms with Crippen LogP contribution in [0, 0.1) is 0 Å². The standard InChI is InChI=1S/C18H23F3N6O/c19-18(20,21)15-10-23-17(25-13-1-5-22-6-2-13)26-16(15)12-9-24-27(11-12)14-3-7-28-8-4-14/h9-11,13-14,22H,1-8H2,(H,23,25,26). The number of nitrogens with one attached hydrogen (secondary N) is 2. The van der Waals surface area contributed by atoms with E-state index in [4.69, 9.17) is 4.74 Å². The zero-order valence-electron chi connectivity index (χ0n) is 15.4. The molecule has 2 fully saturated rings. The quantitative estimate of drug-likeness (QED) is 0.828. The normalized spacial score (nSPS) is 19.7. The van der Waals surface area contributed by atoms with Crippen molar-refractivity contribution < 1.29 is 17.9 Å². The van der Waals surface area contributed by atoms with Gasteiger partial charge < -0.3 is 15.4 Å². The first kappa shape index (κ1) is 19.1. The Bertz CT molecular complexity index is 797. The van der Waals surface area contributed by atoms with Gasteiger partial charge in [-0.3, -0.25) is 4.68 Å². The Hall–Kier alpha value is -2.20. The van der Waals surface area contributed by atoms with E-state index in [0.717, 1.165) is 45.0 Å². The number of hydrogen-bond donors (Lipinski definition) is 2. The number of nitrogens with zero attached hydrogens (tertiary/aromatic N) is 4. The van der Waals surface area contributed by atoms with E-state index in [1.165, 1.54) is 6.20 Å². The van der Waals surface area contributed by atoms with E-state index < -0.39 is 11.7 Å². The second-order valence-corrected chi connectivity index (χ2v) is 7.17. The Morgan fingerprint density at radius 3 is 2.57 bits per heavy atom. The summed E-state index contributed by atoms with van der Waals surface area (Å²) in [5, 5.41) is 10.7. The van der Waals surface area contributed by atoms with Gasteiger partial charge in [-0.15, -0.1) is 0 Å². The molecule has 2 N–H and O–H groups in total. The lowest BCUT2D eigenvalue weighted by Gasteiger charge is -2.24.